The summed E-state index contributed by atoms with van der Waals surface area (Å²) in [6.07, 6.45) is 0. The molecule has 0 unspecified atom stereocenters. The Hall–Kier alpha value is -3.13. The Bertz CT molecular complexity index is 960. The van der Waals surface area contributed by atoms with Crippen LogP contribution < -0.4 is 10.9 Å². The topological polar surface area (TPSA) is 84.2 Å². The lowest BCUT2D eigenvalue weighted by molar-refractivity contribution is -0.119. The van der Waals surface area contributed by atoms with E-state index >= 15 is 0 Å². The molecule has 3 aromatic rings. The molecular weight excluding hydrogens is 369 g/mol. The highest BCUT2D eigenvalue weighted by Gasteiger charge is 2.21. The number of nitrogens with zero attached hydrogens (tertiary/aromatic N) is 1. The first-order valence-corrected chi connectivity index (χ1v) is 9.03. The molecule has 0 saturated carbocycles. The molecule has 0 radical (unpaired) electrons. The fraction of sp³-hybridized carbons (Fsp3) is 0.105. The minimum Gasteiger partial charge on any atom is -0.360 e. The van der Waals surface area contributed by atoms with Crippen molar-refractivity contribution in [2.75, 3.05) is 5.75 Å². The Kier molecular flexibility index (Phi) is 5.87. The molecule has 2 N–H and O–H groups in total. The van der Waals surface area contributed by atoms with Crippen molar-refractivity contribution in [1.82, 2.24) is 16.0 Å². The van der Waals surface area contributed by atoms with E-state index in [-0.39, 0.29) is 11.3 Å². The second kappa shape index (κ2) is 8.50. The van der Waals surface area contributed by atoms with Gasteiger partial charge < -0.3 is 4.52 Å². The van der Waals surface area contributed by atoms with E-state index in [9.17, 15) is 14.0 Å². The van der Waals surface area contributed by atoms with Gasteiger partial charge >= 0.3 is 0 Å². The molecule has 138 valence electrons. The monoisotopic (exact) mass is 385 g/mol. The van der Waals surface area contributed by atoms with E-state index in [1.54, 1.807) is 37.3 Å². The normalized spacial score (nSPS) is 10.4. The number of amides is 2. The number of thioether (sulfide) groups is 1. The molecule has 6 nitrogen and oxygen atoms in total. The molecule has 8 heteroatoms. The van der Waals surface area contributed by atoms with E-state index in [2.05, 4.69) is 16.0 Å². The number of carbonyl (C=O) groups is 2. The molecule has 27 heavy (non-hydrogen) atoms. The van der Waals surface area contributed by atoms with Gasteiger partial charge in [-0.3, -0.25) is 20.4 Å². The van der Waals surface area contributed by atoms with Crippen LogP contribution in [0.2, 0.25) is 0 Å². The zero-order valence-electron chi connectivity index (χ0n) is 14.4. The van der Waals surface area contributed by atoms with Gasteiger partial charge in [0.1, 0.15) is 22.8 Å². The Morgan fingerprint density at radius 2 is 1.78 bits per heavy atom. The summed E-state index contributed by atoms with van der Waals surface area (Å²) < 4.78 is 18.7. The zero-order valence-corrected chi connectivity index (χ0v) is 15.2. The van der Waals surface area contributed by atoms with Crippen LogP contribution in [0.1, 0.15) is 16.1 Å². The lowest BCUT2D eigenvalue weighted by Gasteiger charge is -2.08. The third-order valence-electron chi connectivity index (χ3n) is 3.65. The number of hydrogen-bond donors (Lipinski definition) is 2. The maximum absolute atomic E-state index is 13.6. The number of hydrazine groups is 1. The molecule has 0 bridgehead atoms. The molecular formula is C19H16FN3O3S. The molecule has 3 rings (SSSR count). The number of hydrogen-bond acceptors (Lipinski definition) is 5. The second-order valence-corrected chi connectivity index (χ2v) is 6.57. The van der Waals surface area contributed by atoms with E-state index in [0.717, 1.165) is 17.3 Å². The summed E-state index contributed by atoms with van der Waals surface area (Å²) in [5.41, 5.74) is 6.01. The first kappa shape index (κ1) is 18.7. The summed E-state index contributed by atoms with van der Waals surface area (Å²) in [7, 11) is 0. The summed E-state index contributed by atoms with van der Waals surface area (Å²) in [5, 5.41) is 3.93. The smallest absolute Gasteiger partial charge is 0.275 e. The lowest BCUT2D eigenvalue weighted by atomic mass is 10.1. The molecule has 0 spiro atoms. The van der Waals surface area contributed by atoms with Gasteiger partial charge in [0, 0.05) is 10.5 Å². The highest BCUT2D eigenvalue weighted by molar-refractivity contribution is 8.00. The average Bonchev–Trinajstić information content (AvgIpc) is 3.07. The Morgan fingerprint density at radius 3 is 2.52 bits per heavy atom. The standard InChI is InChI=1S/C19H16FN3O3S/c1-12-17(18(23-26-12)13-7-3-2-4-8-13)19(25)22-21-16(24)11-27-15-10-6-5-9-14(15)20/h2-10H,11H2,1H3,(H,21,24)(H,22,25). The second-order valence-electron chi connectivity index (χ2n) is 5.55. The van der Waals surface area contributed by atoms with Crippen LogP contribution in [0, 0.1) is 12.7 Å². The summed E-state index contributed by atoms with van der Waals surface area (Å²) >= 11 is 1.04. The molecule has 0 aliphatic rings. The molecule has 1 aromatic heterocycles. The van der Waals surface area contributed by atoms with Gasteiger partial charge in [0.05, 0.1) is 5.75 Å². The molecule has 0 saturated heterocycles. The van der Waals surface area contributed by atoms with Crippen LogP contribution in [-0.4, -0.2) is 22.7 Å². The Labute approximate surface area is 159 Å². The van der Waals surface area contributed by atoms with Crippen molar-refractivity contribution in [1.29, 1.82) is 0 Å². The highest BCUT2D eigenvalue weighted by Crippen LogP contribution is 2.25. The molecule has 1 heterocycles. The van der Waals surface area contributed by atoms with Crippen molar-refractivity contribution in [3.63, 3.8) is 0 Å². The van der Waals surface area contributed by atoms with Crippen LogP contribution in [-0.2, 0) is 4.79 Å². The fourth-order valence-electron chi connectivity index (χ4n) is 2.36. The van der Waals surface area contributed by atoms with Crippen molar-refractivity contribution in [3.05, 3.63) is 71.7 Å². The van der Waals surface area contributed by atoms with E-state index < -0.39 is 17.6 Å². The molecule has 0 aliphatic carbocycles. The molecule has 0 atom stereocenters. The SMILES string of the molecule is Cc1onc(-c2ccccc2)c1C(=O)NNC(=O)CSc1ccccc1F. The number of carbonyl (C=O) groups excluding carboxylic acids is 2. The predicted octanol–water partition coefficient (Wildman–Crippen LogP) is 3.34. The van der Waals surface area contributed by atoms with E-state index in [1.807, 2.05) is 18.2 Å². The summed E-state index contributed by atoms with van der Waals surface area (Å²) in [6.45, 7) is 1.62. The van der Waals surface area contributed by atoms with Gasteiger partial charge in [0.15, 0.2) is 0 Å². The highest BCUT2D eigenvalue weighted by atomic mass is 32.2. The largest absolute Gasteiger partial charge is 0.360 e. The molecule has 2 aromatic carbocycles. The third-order valence-corrected chi connectivity index (χ3v) is 4.70. The van der Waals surface area contributed by atoms with Gasteiger partial charge in [-0.1, -0.05) is 47.6 Å². The maximum Gasteiger partial charge on any atom is 0.275 e. The van der Waals surface area contributed by atoms with Gasteiger partial charge in [-0.15, -0.1) is 11.8 Å². The minimum absolute atomic E-state index is 0.0463. The number of nitrogens with one attached hydrogen (secondary N) is 2. The predicted molar refractivity (Wildman–Crippen MR) is 99.4 cm³/mol. The minimum atomic E-state index is -0.545. The van der Waals surface area contributed by atoms with E-state index in [0.29, 0.717) is 16.3 Å². The maximum atomic E-state index is 13.6. The number of aromatic nitrogens is 1. The first-order chi connectivity index (χ1) is 13.1. The zero-order chi connectivity index (χ0) is 19.2. The van der Waals surface area contributed by atoms with Gasteiger partial charge in [0.25, 0.3) is 5.91 Å². The third kappa shape index (κ3) is 4.53. The Morgan fingerprint density at radius 1 is 1.07 bits per heavy atom. The lowest BCUT2D eigenvalue weighted by Crippen LogP contribution is -2.42. The van der Waals surface area contributed by atoms with E-state index in [1.165, 1.54) is 6.07 Å². The molecule has 0 fully saturated rings. The number of benzene rings is 2. The van der Waals surface area contributed by atoms with Crippen LogP contribution in [0.25, 0.3) is 11.3 Å². The summed E-state index contributed by atoms with van der Waals surface area (Å²) in [4.78, 5) is 24.8. The van der Waals surface area contributed by atoms with Crippen LogP contribution in [0.15, 0.2) is 64.0 Å². The van der Waals surface area contributed by atoms with Gasteiger partial charge in [-0.05, 0) is 19.1 Å². The van der Waals surface area contributed by atoms with Gasteiger partial charge in [-0.2, -0.15) is 0 Å². The van der Waals surface area contributed by atoms with Crippen LogP contribution in [0.4, 0.5) is 4.39 Å². The van der Waals surface area contributed by atoms with Crippen molar-refractivity contribution >= 4 is 23.6 Å². The van der Waals surface area contributed by atoms with Crippen molar-refractivity contribution < 1.29 is 18.5 Å². The van der Waals surface area contributed by atoms with Crippen molar-refractivity contribution in [3.8, 4) is 11.3 Å². The number of rotatable bonds is 5. The Balaban J connectivity index is 1.61. The van der Waals surface area contributed by atoms with Crippen LogP contribution in [0.5, 0.6) is 0 Å². The average molecular weight is 385 g/mol. The van der Waals surface area contributed by atoms with Crippen LogP contribution in [0.3, 0.4) is 0 Å². The quantitative estimate of drug-likeness (QED) is 0.520. The van der Waals surface area contributed by atoms with Crippen LogP contribution >= 0.6 is 11.8 Å². The molecule has 0 aliphatic heterocycles. The first-order valence-electron chi connectivity index (χ1n) is 8.04. The van der Waals surface area contributed by atoms with Crippen molar-refractivity contribution in [2.24, 2.45) is 0 Å². The van der Waals surface area contributed by atoms with Gasteiger partial charge in [0.2, 0.25) is 5.91 Å². The fourth-order valence-corrected chi connectivity index (χ4v) is 3.10. The van der Waals surface area contributed by atoms with Crippen molar-refractivity contribution in [2.45, 2.75) is 11.8 Å². The number of halogens is 1. The summed E-state index contributed by atoms with van der Waals surface area (Å²) in [6, 6.07) is 15.3. The number of aryl methyl sites for hydroxylation is 1. The molecule has 2 amide bonds. The van der Waals surface area contributed by atoms with E-state index in [4.69, 9.17) is 4.52 Å². The van der Waals surface area contributed by atoms with Gasteiger partial charge in [-0.25, -0.2) is 4.39 Å². The summed E-state index contributed by atoms with van der Waals surface area (Å²) in [5.74, 6) is -1.12.